The molecule has 3 aromatic rings. The molecule has 0 spiro atoms. The van der Waals surface area contributed by atoms with Gasteiger partial charge in [0, 0.05) is 23.7 Å². The van der Waals surface area contributed by atoms with Gasteiger partial charge in [-0.15, -0.1) is 0 Å². The minimum atomic E-state index is -0.134. The Bertz CT molecular complexity index is 842. The topological polar surface area (TPSA) is 72.1 Å². The molecule has 0 unspecified atom stereocenters. The smallest absolute Gasteiger partial charge is 0.255 e. The van der Waals surface area contributed by atoms with Crippen LogP contribution in [-0.4, -0.2) is 32.5 Å². The SMILES string of the molecule is O=C(c1cccc2ncccc12)N1CCCCC[C@@H]1c1ncon1. The highest BCUT2D eigenvalue weighted by Gasteiger charge is 2.30. The highest BCUT2D eigenvalue weighted by atomic mass is 16.5. The van der Waals surface area contributed by atoms with Crippen molar-refractivity contribution in [1.82, 2.24) is 20.0 Å². The zero-order chi connectivity index (χ0) is 16.4. The number of hydrogen-bond acceptors (Lipinski definition) is 5. The Labute approximate surface area is 139 Å². The summed E-state index contributed by atoms with van der Waals surface area (Å²) in [6.07, 6.45) is 7.07. The largest absolute Gasteiger partial charge is 0.343 e. The van der Waals surface area contributed by atoms with Gasteiger partial charge in [0.05, 0.1) is 11.6 Å². The first kappa shape index (κ1) is 14.8. The van der Waals surface area contributed by atoms with Crippen molar-refractivity contribution < 1.29 is 9.32 Å². The third-order valence-electron chi connectivity index (χ3n) is 4.57. The first-order valence-electron chi connectivity index (χ1n) is 8.25. The first-order valence-corrected chi connectivity index (χ1v) is 8.25. The van der Waals surface area contributed by atoms with E-state index in [1.165, 1.54) is 6.39 Å². The summed E-state index contributed by atoms with van der Waals surface area (Å²) >= 11 is 0. The Morgan fingerprint density at radius 3 is 2.96 bits per heavy atom. The van der Waals surface area contributed by atoms with E-state index in [1.54, 1.807) is 6.20 Å². The van der Waals surface area contributed by atoms with E-state index < -0.39 is 0 Å². The van der Waals surface area contributed by atoms with Gasteiger partial charge in [-0.05, 0) is 31.0 Å². The van der Waals surface area contributed by atoms with Crippen molar-refractivity contribution in [2.45, 2.75) is 31.7 Å². The van der Waals surface area contributed by atoms with Gasteiger partial charge < -0.3 is 9.42 Å². The van der Waals surface area contributed by atoms with Crippen LogP contribution in [0, 0.1) is 0 Å². The van der Waals surface area contributed by atoms with Gasteiger partial charge in [0.2, 0.25) is 6.39 Å². The van der Waals surface area contributed by atoms with Crippen molar-refractivity contribution in [2.24, 2.45) is 0 Å². The molecule has 24 heavy (non-hydrogen) atoms. The monoisotopic (exact) mass is 322 g/mol. The predicted octanol–water partition coefficient (Wildman–Crippen LogP) is 3.38. The number of carbonyl (C=O) groups is 1. The molecule has 1 aliphatic rings. The Balaban J connectivity index is 1.75. The van der Waals surface area contributed by atoms with Crippen molar-refractivity contribution in [3.63, 3.8) is 0 Å². The molecule has 3 heterocycles. The van der Waals surface area contributed by atoms with Crippen molar-refractivity contribution in [1.29, 1.82) is 0 Å². The summed E-state index contributed by atoms with van der Waals surface area (Å²) in [6, 6.07) is 9.33. The summed E-state index contributed by atoms with van der Waals surface area (Å²) in [5, 5.41) is 4.85. The fourth-order valence-electron chi connectivity index (χ4n) is 3.39. The van der Waals surface area contributed by atoms with E-state index in [0.29, 0.717) is 17.9 Å². The average Bonchev–Trinajstić information content (AvgIpc) is 3.05. The van der Waals surface area contributed by atoms with Crippen LogP contribution in [0.1, 0.15) is 47.9 Å². The van der Waals surface area contributed by atoms with Crippen molar-refractivity contribution >= 4 is 16.8 Å². The molecule has 1 aliphatic heterocycles. The standard InChI is InChI=1S/C18H18N4O2/c23-18(14-6-4-8-15-13(14)7-5-10-19-15)22-11-3-1-2-9-16(22)17-20-12-24-21-17/h4-8,10,12,16H,1-3,9,11H2/t16-/m1/s1. The Hall–Kier alpha value is -2.76. The lowest BCUT2D eigenvalue weighted by atomic mass is 10.0. The van der Waals surface area contributed by atoms with Gasteiger partial charge in [0.25, 0.3) is 5.91 Å². The first-order chi connectivity index (χ1) is 11.8. The van der Waals surface area contributed by atoms with Gasteiger partial charge >= 0.3 is 0 Å². The van der Waals surface area contributed by atoms with E-state index in [2.05, 4.69) is 15.1 Å². The molecule has 1 amide bonds. The molecule has 1 aromatic carbocycles. The third-order valence-corrected chi connectivity index (χ3v) is 4.57. The molecular formula is C18H18N4O2. The minimum absolute atomic E-state index is 0.00491. The van der Waals surface area contributed by atoms with Gasteiger partial charge in [-0.2, -0.15) is 4.98 Å². The Morgan fingerprint density at radius 2 is 2.08 bits per heavy atom. The summed E-state index contributed by atoms with van der Waals surface area (Å²) in [7, 11) is 0. The number of aromatic nitrogens is 3. The van der Waals surface area contributed by atoms with Crippen LogP contribution in [0.3, 0.4) is 0 Å². The van der Waals surface area contributed by atoms with E-state index in [9.17, 15) is 4.79 Å². The van der Waals surface area contributed by atoms with Gasteiger partial charge in [-0.25, -0.2) is 0 Å². The minimum Gasteiger partial charge on any atom is -0.343 e. The van der Waals surface area contributed by atoms with Crippen LogP contribution in [0.15, 0.2) is 47.4 Å². The maximum atomic E-state index is 13.3. The van der Waals surface area contributed by atoms with Crippen LogP contribution in [0.25, 0.3) is 10.9 Å². The van der Waals surface area contributed by atoms with Gasteiger partial charge in [0.15, 0.2) is 5.82 Å². The second kappa shape index (κ2) is 6.39. The quantitative estimate of drug-likeness (QED) is 0.723. The molecule has 6 heteroatoms. The van der Waals surface area contributed by atoms with Crippen LogP contribution >= 0.6 is 0 Å². The second-order valence-corrected chi connectivity index (χ2v) is 6.03. The molecule has 2 aromatic heterocycles. The van der Waals surface area contributed by atoms with Gasteiger partial charge in [-0.3, -0.25) is 9.78 Å². The Morgan fingerprint density at radius 1 is 1.12 bits per heavy atom. The van der Waals surface area contributed by atoms with E-state index in [1.807, 2.05) is 35.2 Å². The Kier molecular flexibility index (Phi) is 3.94. The van der Waals surface area contributed by atoms with Crippen molar-refractivity contribution in [3.8, 4) is 0 Å². The number of fused-ring (bicyclic) bond motifs is 1. The molecule has 4 rings (SSSR count). The molecule has 0 N–H and O–H groups in total. The fourth-order valence-corrected chi connectivity index (χ4v) is 3.39. The average molecular weight is 322 g/mol. The number of nitrogens with zero attached hydrogens (tertiary/aromatic N) is 4. The van der Waals surface area contributed by atoms with Crippen LogP contribution in [0.5, 0.6) is 0 Å². The second-order valence-electron chi connectivity index (χ2n) is 6.03. The lowest BCUT2D eigenvalue weighted by molar-refractivity contribution is 0.0672. The molecule has 0 bridgehead atoms. The molecular weight excluding hydrogens is 304 g/mol. The van der Waals surface area contributed by atoms with Crippen molar-refractivity contribution in [3.05, 3.63) is 54.3 Å². The maximum absolute atomic E-state index is 13.3. The van der Waals surface area contributed by atoms with Crippen LogP contribution in [-0.2, 0) is 0 Å². The summed E-state index contributed by atoms with van der Waals surface area (Å²) in [6.45, 7) is 0.703. The number of rotatable bonds is 2. The molecule has 1 saturated heterocycles. The predicted molar refractivity (Wildman–Crippen MR) is 88.3 cm³/mol. The van der Waals surface area contributed by atoms with E-state index >= 15 is 0 Å². The lowest BCUT2D eigenvalue weighted by Gasteiger charge is -2.28. The summed E-state index contributed by atoms with van der Waals surface area (Å²) in [4.78, 5) is 23.7. The number of carbonyl (C=O) groups excluding carboxylic acids is 1. The highest BCUT2D eigenvalue weighted by molar-refractivity contribution is 6.06. The maximum Gasteiger partial charge on any atom is 0.255 e. The van der Waals surface area contributed by atoms with Crippen LogP contribution in [0.4, 0.5) is 0 Å². The number of amides is 1. The lowest BCUT2D eigenvalue weighted by Crippen LogP contribution is -2.35. The molecule has 1 fully saturated rings. The summed E-state index contributed by atoms with van der Waals surface area (Å²) in [5.41, 5.74) is 1.50. The van der Waals surface area contributed by atoms with E-state index in [0.717, 1.165) is 36.6 Å². The summed E-state index contributed by atoms with van der Waals surface area (Å²) < 4.78 is 4.90. The van der Waals surface area contributed by atoms with E-state index in [4.69, 9.17) is 4.52 Å². The zero-order valence-electron chi connectivity index (χ0n) is 13.3. The van der Waals surface area contributed by atoms with E-state index in [-0.39, 0.29) is 11.9 Å². The molecule has 1 atom stereocenters. The van der Waals surface area contributed by atoms with Crippen LogP contribution in [0.2, 0.25) is 0 Å². The zero-order valence-corrected chi connectivity index (χ0v) is 13.3. The van der Waals surface area contributed by atoms with Gasteiger partial charge in [-0.1, -0.05) is 30.1 Å². The van der Waals surface area contributed by atoms with Crippen LogP contribution < -0.4 is 0 Å². The number of likely N-dealkylation sites (tertiary alicyclic amines) is 1. The number of pyridine rings is 1. The third kappa shape index (κ3) is 2.64. The molecule has 0 aliphatic carbocycles. The summed E-state index contributed by atoms with van der Waals surface area (Å²) in [5.74, 6) is 0.592. The highest BCUT2D eigenvalue weighted by Crippen LogP contribution is 2.30. The number of benzene rings is 1. The molecule has 6 nitrogen and oxygen atoms in total. The molecule has 122 valence electrons. The van der Waals surface area contributed by atoms with Gasteiger partial charge in [0.1, 0.15) is 0 Å². The number of hydrogen-bond donors (Lipinski definition) is 0. The fraction of sp³-hybridized carbons (Fsp3) is 0.333. The molecule has 0 saturated carbocycles. The normalized spacial score (nSPS) is 18.5. The molecule has 0 radical (unpaired) electrons. The van der Waals surface area contributed by atoms with Crippen molar-refractivity contribution in [2.75, 3.05) is 6.54 Å².